The average molecular weight is 362 g/mol. The number of alkyl halides is 2. The number of nitrogen functional groups attached to an aromatic ring is 1. The number of rotatable bonds is 4. The number of halogens is 4. The monoisotopic (exact) mass is 361 g/mol. The SMILES string of the molecule is Cc1cc(Br)ccc1Oc1cc(OC(F)F)c(F)cc1N. The molecule has 0 aliphatic rings. The molecule has 0 unspecified atom stereocenters. The van der Waals surface area contributed by atoms with Crippen LogP contribution in [-0.2, 0) is 0 Å². The lowest BCUT2D eigenvalue weighted by atomic mass is 10.2. The lowest BCUT2D eigenvalue weighted by molar-refractivity contribution is -0.0522. The summed E-state index contributed by atoms with van der Waals surface area (Å²) in [5, 5.41) is 0. The number of hydrogen-bond donors (Lipinski definition) is 1. The first-order valence-corrected chi connectivity index (χ1v) is 6.64. The van der Waals surface area contributed by atoms with Crippen LogP contribution in [0.25, 0.3) is 0 Å². The van der Waals surface area contributed by atoms with Gasteiger partial charge in [0.15, 0.2) is 17.3 Å². The number of nitrogens with two attached hydrogens (primary N) is 1. The zero-order chi connectivity index (χ0) is 15.6. The third-order valence-electron chi connectivity index (χ3n) is 2.64. The number of ether oxygens (including phenoxy) is 2. The van der Waals surface area contributed by atoms with E-state index in [0.29, 0.717) is 5.75 Å². The first-order valence-electron chi connectivity index (χ1n) is 5.84. The fourth-order valence-corrected chi connectivity index (χ4v) is 2.15. The van der Waals surface area contributed by atoms with Gasteiger partial charge in [-0.05, 0) is 30.7 Å². The fourth-order valence-electron chi connectivity index (χ4n) is 1.67. The highest BCUT2D eigenvalue weighted by Crippen LogP contribution is 2.35. The number of hydrogen-bond acceptors (Lipinski definition) is 3. The van der Waals surface area contributed by atoms with Gasteiger partial charge in [0.05, 0.1) is 5.69 Å². The van der Waals surface area contributed by atoms with E-state index < -0.39 is 18.2 Å². The summed E-state index contributed by atoms with van der Waals surface area (Å²) < 4.78 is 48.3. The Morgan fingerprint density at radius 3 is 2.43 bits per heavy atom. The molecule has 0 saturated heterocycles. The number of anilines is 1. The molecule has 0 amide bonds. The molecule has 0 fully saturated rings. The highest BCUT2D eigenvalue weighted by molar-refractivity contribution is 9.10. The van der Waals surface area contributed by atoms with Gasteiger partial charge < -0.3 is 15.2 Å². The van der Waals surface area contributed by atoms with Crippen LogP contribution in [0.15, 0.2) is 34.8 Å². The molecule has 7 heteroatoms. The summed E-state index contributed by atoms with van der Waals surface area (Å²) in [5.74, 6) is -1.09. The quantitative estimate of drug-likeness (QED) is 0.789. The van der Waals surface area contributed by atoms with Crippen molar-refractivity contribution >= 4 is 21.6 Å². The molecular weight excluding hydrogens is 351 g/mol. The average Bonchev–Trinajstić information content (AvgIpc) is 2.37. The smallest absolute Gasteiger partial charge is 0.387 e. The highest BCUT2D eigenvalue weighted by Gasteiger charge is 2.15. The molecule has 2 aromatic carbocycles. The van der Waals surface area contributed by atoms with Crippen LogP contribution in [0.3, 0.4) is 0 Å². The van der Waals surface area contributed by atoms with Gasteiger partial charge in [0.2, 0.25) is 0 Å². The molecule has 0 saturated carbocycles. The van der Waals surface area contributed by atoms with E-state index in [1.54, 1.807) is 19.1 Å². The second-order valence-corrected chi connectivity index (χ2v) is 5.13. The van der Waals surface area contributed by atoms with Gasteiger partial charge in [-0.2, -0.15) is 8.78 Å². The first kappa shape index (κ1) is 15.5. The van der Waals surface area contributed by atoms with Crippen molar-refractivity contribution in [3.63, 3.8) is 0 Å². The van der Waals surface area contributed by atoms with E-state index in [9.17, 15) is 13.2 Å². The Bertz CT molecular complexity index is 665. The molecule has 2 N–H and O–H groups in total. The molecule has 0 aromatic heterocycles. The van der Waals surface area contributed by atoms with Gasteiger partial charge in [0.25, 0.3) is 0 Å². The van der Waals surface area contributed by atoms with E-state index in [1.165, 1.54) is 0 Å². The zero-order valence-electron chi connectivity index (χ0n) is 10.9. The van der Waals surface area contributed by atoms with Gasteiger partial charge >= 0.3 is 6.61 Å². The Morgan fingerprint density at radius 2 is 1.81 bits per heavy atom. The maximum Gasteiger partial charge on any atom is 0.387 e. The molecule has 2 aromatic rings. The normalized spacial score (nSPS) is 10.8. The van der Waals surface area contributed by atoms with Crippen LogP contribution in [0.1, 0.15) is 5.56 Å². The highest BCUT2D eigenvalue weighted by atomic mass is 79.9. The minimum Gasteiger partial charge on any atom is -0.455 e. The van der Waals surface area contributed by atoms with E-state index in [-0.39, 0.29) is 11.4 Å². The van der Waals surface area contributed by atoms with Crippen molar-refractivity contribution in [3.05, 3.63) is 46.2 Å². The predicted octanol–water partition coefficient (Wildman–Crippen LogP) is 4.87. The van der Waals surface area contributed by atoms with E-state index in [2.05, 4.69) is 20.7 Å². The van der Waals surface area contributed by atoms with Crippen molar-refractivity contribution in [2.24, 2.45) is 0 Å². The first-order chi connectivity index (χ1) is 9.86. The molecule has 3 nitrogen and oxygen atoms in total. The van der Waals surface area contributed by atoms with Crippen LogP contribution >= 0.6 is 15.9 Å². The van der Waals surface area contributed by atoms with Gasteiger partial charge in [-0.25, -0.2) is 4.39 Å². The fraction of sp³-hybridized carbons (Fsp3) is 0.143. The molecule has 21 heavy (non-hydrogen) atoms. The third kappa shape index (κ3) is 3.81. The van der Waals surface area contributed by atoms with Crippen molar-refractivity contribution in [3.8, 4) is 17.2 Å². The molecule has 112 valence electrons. The van der Waals surface area contributed by atoms with Gasteiger partial charge in [-0.1, -0.05) is 15.9 Å². The van der Waals surface area contributed by atoms with Crippen molar-refractivity contribution in [2.75, 3.05) is 5.73 Å². The molecule has 0 spiro atoms. The lowest BCUT2D eigenvalue weighted by Gasteiger charge is -2.13. The van der Waals surface area contributed by atoms with E-state index in [1.807, 2.05) is 6.07 Å². The summed E-state index contributed by atoms with van der Waals surface area (Å²) in [4.78, 5) is 0. The van der Waals surface area contributed by atoms with Gasteiger partial charge in [0, 0.05) is 16.6 Å². The second kappa shape index (κ2) is 6.26. The van der Waals surface area contributed by atoms with Gasteiger partial charge in [-0.15, -0.1) is 0 Å². The summed E-state index contributed by atoms with van der Waals surface area (Å²) in [6.07, 6.45) is 0. The molecule has 0 aliphatic carbocycles. The van der Waals surface area contributed by atoms with Crippen LogP contribution in [-0.4, -0.2) is 6.61 Å². The van der Waals surface area contributed by atoms with Crippen molar-refractivity contribution < 1.29 is 22.6 Å². The Labute approximate surface area is 127 Å². The second-order valence-electron chi connectivity index (χ2n) is 4.21. The van der Waals surface area contributed by atoms with E-state index >= 15 is 0 Å². The Kier molecular flexibility index (Phi) is 4.62. The summed E-state index contributed by atoms with van der Waals surface area (Å²) in [7, 11) is 0. The molecule has 2 rings (SSSR count). The van der Waals surface area contributed by atoms with Gasteiger partial charge in [0.1, 0.15) is 5.75 Å². The van der Waals surface area contributed by atoms with Crippen LogP contribution in [0, 0.1) is 12.7 Å². The van der Waals surface area contributed by atoms with Crippen LogP contribution in [0.2, 0.25) is 0 Å². The lowest BCUT2D eigenvalue weighted by Crippen LogP contribution is -2.05. The Balaban J connectivity index is 2.34. The molecule has 0 heterocycles. The van der Waals surface area contributed by atoms with Crippen molar-refractivity contribution in [2.45, 2.75) is 13.5 Å². The van der Waals surface area contributed by atoms with E-state index in [0.717, 1.165) is 22.2 Å². The van der Waals surface area contributed by atoms with Crippen LogP contribution in [0.4, 0.5) is 18.9 Å². The molecule has 0 bridgehead atoms. The number of aryl methyl sites for hydroxylation is 1. The summed E-state index contributed by atoms with van der Waals surface area (Å²) >= 11 is 3.31. The zero-order valence-corrected chi connectivity index (χ0v) is 12.5. The maximum absolute atomic E-state index is 13.5. The third-order valence-corrected chi connectivity index (χ3v) is 3.13. The van der Waals surface area contributed by atoms with Crippen molar-refractivity contribution in [1.82, 2.24) is 0 Å². The standard InChI is InChI=1S/C14H11BrF3NO2/c1-7-4-8(15)2-3-11(7)20-13-6-12(21-14(17)18)9(16)5-10(13)19/h2-6,14H,19H2,1H3. The summed E-state index contributed by atoms with van der Waals surface area (Å²) in [6, 6.07) is 7.11. The summed E-state index contributed by atoms with van der Waals surface area (Å²) in [5.41, 5.74) is 6.41. The van der Waals surface area contributed by atoms with Crippen LogP contribution in [0.5, 0.6) is 17.2 Å². The van der Waals surface area contributed by atoms with Crippen molar-refractivity contribution in [1.29, 1.82) is 0 Å². The van der Waals surface area contributed by atoms with E-state index in [4.69, 9.17) is 10.5 Å². The number of benzene rings is 2. The Morgan fingerprint density at radius 1 is 1.10 bits per heavy atom. The Hall–Kier alpha value is -1.89. The topological polar surface area (TPSA) is 44.5 Å². The minimum atomic E-state index is -3.13. The molecule has 0 atom stereocenters. The van der Waals surface area contributed by atoms with Crippen LogP contribution < -0.4 is 15.2 Å². The summed E-state index contributed by atoms with van der Waals surface area (Å²) in [6.45, 7) is -1.33. The van der Waals surface area contributed by atoms with Gasteiger partial charge in [-0.3, -0.25) is 0 Å². The minimum absolute atomic E-state index is 0.0172. The largest absolute Gasteiger partial charge is 0.455 e. The molecular formula is C14H11BrF3NO2. The predicted molar refractivity (Wildman–Crippen MR) is 76.4 cm³/mol. The molecule has 0 aliphatic heterocycles. The molecule has 0 radical (unpaired) electrons. The maximum atomic E-state index is 13.5.